The highest BCUT2D eigenvalue weighted by molar-refractivity contribution is 4.90. The number of hydrogen-bond donors (Lipinski definition) is 1. The minimum atomic E-state index is -0.298. The Kier molecular flexibility index (Phi) is 3.16. The van der Waals surface area contributed by atoms with Crippen molar-refractivity contribution < 1.29 is 5.11 Å². The average Bonchev–Trinajstić information content (AvgIpc) is 2.63. The highest BCUT2D eigenvalue weighted by Crippen LogP contribution is 2.41. The van der Waals surface area contributed by atoms with Gasteiger partial charge < -0.3 is 5.11 Å². The number of aliphatic hydroxyl groups is 1. The molecule has 2 rings (SSSR count). The van der Waals surface area contributed by atoms with Crippen LogP contribution in [-0.2, 0) is 0 Å². The van der Waals surface area contributed by atoms with Gasteiger partial charge in [-0.2, -0.15) is 0 Å². The largest absolute Gasteiger partial charge is 0.390 e. The first-order valence-corrected chi connectivity index (χ1v) is 6.43. The van der Waals surface area contributed by atoms with Crippen LogP contribution in [0.3, 0.4) is 0 Å². The molecule has 0 aliphatic heterocycles. The van der Waals surface area contributed by atoms with Gasteiger partial charge in [0, 0.05) is 0 Å². The van der Waals surface area contributed by atoms with Crippen molar-refractivity contribution in [3.63, 3.8) is 0 Å². The van der Waals surface area contributed by atoms with Crippen LogP contribution in [0, 0.1) is 11.8 Å². The van der Waals surface area contributed by atoms with Gasteiger partial charge in [-0.1, -0.05) is 45.4 Å². The quantitative estimate of drug-likeness (QED) is 0.716. The van der Waals surface area contributed by atoms with Crippen LogP contribution in [0.1, 0.15) is 64.7 Å². The van der Waals surface area contributed by atoms with Gasteiger partial charge in [0.2, 0.25) is 0 Å². The Morgan fingerprint density at radius 1 is 1.07 bits per heavy atom. The summed E-state index contributed by atoms with van der Waals surface area (Å²) in [5.74, 6) is 1.37. The Bertz CT molecular complexity index is 184. The molecule has 1 heteroatoms. The fraction of sp³-hybridized carbons (Fsp3) is 1.00. The first-order chi connectivity index (χ1) is 6.71. The second-order valence-electron chi connectivity index (χ2n) is 5.61. The highest BCUT2D eigenvalue weighted by Gasteiger charge is 2.38. The molecule has 0 heterocycles. The van der Waals surface area contributed by atoms with Crippen molar-refractivity contribution >= 4 is 0 Å². The lowest BCUT2D eigenvalue weighted by atomic mass is 9.72. The molecule has 0 spiro atoms. The first-order valence-electron chi connectivity index (χ1n) is 6.43. The Hall–Kier alpha value is -0.0400. The molecule has 2 aliphatic rings. The van der Waals surface area contributed by atoms with Gasteiger partial charge in [-0.15, -0.1) is 0 Å². The number of hydrogen-bond acceptors (Lipinski definition) is 1. The van der Waals surface area contributed by atoms with Crippen molar-refractivity contribution in [2.24, 2.45) is 11.8 Å². The molecule has 2 fully saturated rings. The van der Waals surface area contributed by atoms with E-state index < -0.39 is 0 Å². The smallest absolute Gasteiger partial charge is 0.0675 e. The van der Waals surface area contributed by atoms with Gasteiger partial charge in [0.25, 0.3) is 0 Å². The average molecular weight is 196 g/mol. The predicted octanol–water partition coefficient (Wildman–Crippen LogP) is 3.51. The maximum Gasteiger partial charge on any atom is 0.0675 e. The highest BCUT2D eigenvalue weighted by atomic mass is 16.3. The van der Waals surface area contributed by atoms with E-state index in [1.165, 1.54) is 44.9 Å². The minimum Gasteiger partial charge on any atom is -0.390 e. The van der Waals surface area contributed by atoms with Crippen LogP contribution < -0.4 is 0 Å². The molecule has 0 saturated heterocycles. The third-order valence-corrected chi connectivity index (χ3v) is 4.53. The van der Waals surface area contributed by atoms with Gasteiger partial charge in [-0.05, 0) is 31.1 Å². The molecule has 82 valence electrons. The second-order valence-corrected chi connectivity index (χ2v) is 5.61. The Labute approximate surface area is 87.9 Å². The molecule has 1 nitrogen and oxygen atoms in total. The predicted molar refractivity (Wildman–Crippen MR) is 59.2 cm³/mol. The fourth-order valence-electron chi connectivity index (χ4n) is 3.41. The van der Waals surface area contributed by atoms with Gasteiger partial charge in [-0.25, -0.2) is 0 Å². The molecule has 2 saturated carbocycles. The molecule has 2 unspecified atom stereocenters. The van der Waals surface area contributed by atoms with Crippen molar-refractivity contribution in [2.75, 3.05) is 0 Å². The van der Waals surface area contributed by atoms with Gasteiger partial charge in [0.05, 0.1) is 5.60 Å². The van der Waals surface area contributed by atoms with E-state index in [9.17, 15) is 5.11 Å². The summed E-state index contributed by atoms with van der Waals surface area (Å²) in [5.41, 5.74) is -0.298. The molecule has 0 bridgehead atoms. The van der Waals surface area contributed by atoms with Crippen molar-refractivity contribution in [3.05, 3.63) is 0 Å². The monoisotopic (exact) mass is 196 g/mol. The van der Waals surface area contributed by atoms with E-state index in [4.69, 9.17) is 0 Å². The summed E-state index contributed by atoms with van der Waals surface area (Å²) in [6, 6.07) is 0. The maximum absolute atomic E-state index is 10.6. The minimum absolute atomic E-state index is 0.298. The molecule has 14 heavy (non-hydrogen) atoms. The van der Waals surface area contributed by atoms with Crippen LogP contribution in [0.15, 0.2) is 0 Å². The molecule has 0 aromatic carbocycles. The zero-order chi connectivity index (χ0) is 10.0. The molecule has 0 amide bonds. The molecule has 0 radical (unpaired) electrons. The van der Waals surface area contributed by atoms with E-state index >= 15 is 0 Å². The van der Waals surface area contributed by atoms with Gasteiger partial charge in [-0.3, -0.25) is 0 Å². The van der Waals surface area contributed by atoms with Crippen molar-refractivity contribution in [1.29, 1.82) is 0 Å². The van der Waals surface area contributed by atoms with Gasteiger partial charge in [0.1, 0.15) is 0 Å². The summed E-state index contributed by atoms with van der Waals surface area (Å²) < 4.78 is 0. The van der Waals surface area contributed by atoms with E-state index in [1.807, 2.05) is 0 Å². The van der Waals surface area contributed by atoms with Crippen LogP contribution in [0.5, 0.6) is 0 Å². The summed E-state index contributed by atoms with van der Waals surface area (Å²) in [5, 5.41) is 10.6. The van der Waals surface area contributed by atoms with E-state index in [1.54, 1.807) is 0 Å². The van der Waals surface area contributed by atoms with Crippen LogP contribution in [-0.4, -0.2) is 10.7 Å². The first kappa shape index (κ1) is 10.5. The zero-order valence-electron chi connectivity index (χ0n) is 9.47. The second kappa shape index (κ2) is 4.22. The summed E-state index contributed by atoms with van der Waals surface area (Å²) in [6.45, 7) is 2.24. The summed E-state index contributed by atoms with van der Waals surface area (Å²) >= 11 is 0. The van der Waals surface area contributed by atoms with E-state index in [0.29, 0.717) is 5.92 Å². The molecule has 0 aromatic rings. The van der Waals surface area contributed by atoms with E-state index in [2.05, 4.69) is 6.92 Å². The van der Waals surface area contributed by atoms with Gasteiger partial charge >= 0.3 is 0 Å². The molecule has 2 atom stereocenters. The van der Waals surface area contributed by atoms with E-state index in [-0.39, 0.29) is 5.60 Å². The van der Waals surface area contributed by atoms with Crippen LogP contribution >= 0.6 is 0 Å². The lowest BCUT2D eigenvalue weighted by molar-refractivity contribution is -0.0590. The van der Waals surface area contributed by atoms with Gasteiger partial charge in [0.15, 0.2) is 0 Å². The van der Waals surface area contributed by atoms with Crippen LogP contribution in [0.4, 0.5) is 0 Å². The molecule has 1 N–H and O–H groups in total. The zero-order valence-corrected chi connectivity index (χ0v) is 9.47. The standard InChI is InChI=1S/C13H24O/c1-11-6-4-5-9-13(11,14)10-12-7-2-3-8-12/h11-12,14H,2-10H2,1H3. The number of rotatable bonds is 2. The third kappa shape index (κ3) is 2.13. The van der Waals surface area contributed by atoms with Crippen molar-refractivity contribution in [2.45, 2.75) is 70.3 Å². The fourth-order valence-corrected chi connectivity index (χ4v) is 3.41. The Balaban J connectivity index is 1.92. The summed E-state index contributed by atoms with van der Waals surface area (Å²) in [6.07, 6.45) is 11.5. The normalized spacial score (nSPS) is 40.3. The van der Waals surface area contributed by atoms with Crippen molar-refractivity contribution in [1.82, 2.24) is 0 Å². The van der Waals surface area contributed by atoms with Crippen LogP contribution in [0.25, 0.3) is 0 Å². The molecular formula is C13H24O. The maximum atomic E-state index is 10.6. The molecular weight excluding hydrogens is 172 g/mol. The summed E-state index contributed by atoms with van der Waals surface area (Å²) in [4.78, 5) is 0. The molecule has 2 aliphatic carbocycles. The third-order valence-electron chi connectivity index (χ3n) is 4.53. The molecule has 0 aromatic heterocycles. The Morgan fingerprint density at radius 3 is 2.36 bits per heavy atom. The Morgan fingerprint density at radius 2 is 1.71 bits per heavy atom. The van der Waals surface area contributed by atoms with E-state index in [0.717, 1.165) is 18.8 Å². The van der Waals surface area contributed by atoms with Crippen LogP contribution in [0.2, 0.25) is 0 Å². The SMILES string of the molecule is CC1CCCCC1(O)CC1CCCC1. The lowest BCUT2D eigenvalue weighted by Gasteiger charge is -2.40. The summed E-state index contributed by atoms with van der Waals surface area (Å²) in [7, 11) is 0. The van der Waals surface area contributed by atoms with Crippen molar-refractivity contribution in [3.8, 4) is 0 Å². The topological polar surface area (TPSA) is 20.2 Å². The lowest BCUT2D eigenvalue weighted by Crippen LogP contribution is -2.40.